The third-order valence-electron chi connectivity index (χ3n) is 10.5. The number of aryl methyl sites for hydroxylation is 1. The van der Waals surface area contributed by atoms with Gasteiger partial charge in [0.1, 0.15) is 17.8 Å². The molecule has 13 heteroatoms. The molecule has 0 spiro atoms. The molecule has 1 aliphatic carbocycles. The summed E-state index contributed by atoms with van der Waals surface area (Å²) >= 11 is 0. The van der Waals surface area contributed by atoms with Gasteiger partial charge in [-0.05, 0) is 106 Å². The van der Waals surface area contributed by atoms with E-state index in [-0.39, 0.29) is 24.9 Å². The molecule has 3 N–H and O–H groups in total. The number of carbonyl (C=O) groups is 2. The van der Waals surface area contributed by atoms with Crippen LogP contribution in [0.15, 0.2) is 59.7 Å². The molecule has 1 saturated carbocycles. The van der Waals surface area contributed by atoms with Gasteiger partial charge in [-0.15, -0.1) is 0 Å². The number of fused-ring (bicyclic) bond motifs is 6. The molecule has 3 aromatic rings. The molecule has 2 aromatic carbocycles. The number of phenols is 1. The van der Waals surface area contributed by atoms with Crippen molar-refractivity contribution in [2.24, 2.45) is 10.4 Å². The number of carbonyl (C=O) groups excluding carboxylic acids is 2. The number of hydrogen-bond acceptors (Lipinski definition) is 9. The van der Waals surface area contributed by atoms with E-state index in [9.17, 15) is 23.1 Å². The van der Waals surface area contributed by atoms with Gasteiger partial charge in [-0.1, -0.05) is 38.6 Å². The molecule has 1 amide bonds. The highest BCUT2D eigenvalue weighted by atomic mass is 32.2. The quantitative estimate of drug-likeness (QED) is 0.144. The van der Waals surface area contributed by atoms with Crippen LogP contribution in [0.3, 0.4) is 0 Å². The van der Waals surface area contributed by atoms with Gasteiger partial charge < -0.3 is 19.1 Å². The Morgan fingerprint density at radius 1 is 1.19 bits per heavy atom. The third-order valence-corrected chi connectivity index (χ3v) is 12.5. The molecule has 290 valence electrons. The van der Waals surface area contributed by atoms with Crippen LogP contribution in [0, 0.1) is 5.41 Å². The highest BCUT2D eigenvalue weighted by Gasteiger charge is 2.41. The zero-order valence-corrected chi connectivity index (χ0v) is 33.0. The summed E-state index contributed by atoms with van der Waals surface area (Å²) in [5.41, 5.74) is 9.17. The van der Waals surface area contributed by atoms with Gasteiger partial charge in [-0.25, -0.2) is 18.6 Å². The molecule has 12 nitrogen and oxygen atoms in total. The van der Waals surface area contributed by atoms with Crippen LogP contribution < -0.4 is 10.1 Å². The number of benzene rings is 2. The molecule has 3 aliphatic rings. The Morgan fingerprint density at radius 3 is 2.61 bits per heavy atom. The van der Waals surface area contributed by atoms with Crippen molar-refractivity contribution >= 4 is 44.6 Å². The van der Waals surface area contributed by atoms with E-state index in [4.69, 9.17) is 14.5 Å². The van der Waals surface area contributed by atoms with Gasteiger partial charge in [-0.3, -0.25) is 19.6 Å². The lowest BCUT2D eigenvalue weighted by Crippen LogP contribution is -2.60. The van der Waals surface area contributed by atoms with Gasteiger partial charge in [-0.2, -0.15) is 0 Å². The van der Waals surface area contributed by atoms with Crippen LogP contribution in [0.2, 0.25) is 0 Å². The van der Waals surface area contributed by atoms with Crippen molar-refractivity contribution in [3.05, 3.63) is 71.6 Å². The normalized spacial score (nSPS) is 22.1. The predicted molar refractivity (Wildman–Crippen MR) is 211 cm³/mol. The maximum Gasteiger partial charge on any atom is 0.324 e. The standard InChI is InChI=1S/C41H53N5O7S/c1-8-31(37(42-9-2)25(4)52-7)38-33-23-41(5,6)24-53-40(49)34-12-11-17-46(43-34)39(48)35(44-54(50,51)30-14-15-30)20-26-18-28(21-29(47)19-26)27-13-16-36(32(33)22-27)45(38)10-3/h8-9,13,16,18-19,21-22,25,30,34-35,43-44,47H,1,10-12,14-15,17,20,23-24H2,2-7H3/b37-31+,42-9?/t25-,34-,35-/m0/s1. The number of hydrazine groups is 1. The molecule has 0 radical (unpaired) electrons. The molecule has 1 aromatic heterocycles. The minimum atomic E-state index is -3.78. The van der Waals surface area contributed by atoms with Gasteiger partial charge in [0, 0.05) is 48.3 Å². The zero-order valence-electron chi connectivity index (χ0n) is 32.1. The van der Waals surface area contributed by atoms with E-state index in [1.54, 1.807) is 25.5 Å². The number of esters is 1. The van der Waals surface area contributed by atoms with Crippen molar-refractivity contribution in [2.45, 2.75) is 103 Å². The number of sulfonamides is 1. The van der Waals surface area contributed by atoms with E-state index in [2.05, 4.69) is 54.2 Å². The lowest BCUT2D eigenvalue weighted by Gasteiger charge is -2.35. The summed E-state index contributed by atoms with van der Waals surface area (Å²) in [7, 11) is -2.12. The first-order chi connectivity index (χ1) is 25.7. The average molecular weight is 760 g/mol. The van der Waals surface area contributed by atoms with Crippen molar-refractivity contribution in [1.29, 1.82) is 0 Å². The van der Waals surface area contributed by atoms with E-state index < -0.39 is 44.6 Å². The average Bonchev–Trinajstić information content (AvgIpc) is 3.97. The largest absolute Gasteiger partial charge is 0.508 e. The van der Waals surface area contributed by atoms with Crippen LogP contribution in [-0.2, 0) is 48.5 Å². The van der Waals surface area contributed by atoms with E-state index in [1.807, 2.05) is 32.1 Å². The molecule has 54 heavy (non-hydrogen) atoms. The molecule has 6 bridgehead atoms. The number of aromatic hydroxyl groups is 1. The molecule has 2 aliphatic heterocycles. The van der Waals surface area contributed by atoms with E-state index in [1.165, 1.54) is 5.01 Å². The number of methoxy groups -OCH3 is 1. The van der Waals surface area contributed by atoms with Gasteiger partial charge in [0.25, 0.3) is 5.91 Å². The zero-order chi connectivity index (χ0) is 38.9. The first-order valence-corrected chi connectivity index (χ1v) is 20.4. The highest BCUT2D eigenvalue weighted by molar-refractivity contribution is 7.90. The molecule has 1 saturated heterocycles. The summed E-state index contributed by atoms with van der Waals surface area (Å²) in [6.07, 6.45) is 5.82. The molecular weight excluding hydrogens is 707 g/mol. The third kappa shape index (κ3) is 8.19. The summed E-state index contributed by atoms with van der Waals surface area (Å²) in [6, 6.07) is 9.34. The number of aromatic nitrogens is 1. The van der Waals surface area contributed by atoms with Crippen molar-refractivity contribution in [2.75, 3.05) is 20.3 Å². The minimum Gasteiger partial charge on any atom is -0.508 e. The predicted octanol–water partition coefficient (Wildman–Crippen LogP) is 5.67. The second-order valence-electron chi connectivity index (χ2n) is 15.3. The number of ether oxygens (including phenoxy) is 2. The number of amides is 1. The Kier molecular flexibility index (Phi) is 11.5. The molecule has 3 heterocycles. The highest BCUT2D eigenvalue weighted by Crippen LogP contribution is 2.40. The number of cyclic esters (lactones) is 1. The lowest BCUT2D eigenvalue weighted by atomic mass is 9.84. The minimum absolute atomic E-state index is 0.00664. The van der Waals surface area contributed by atoms with Crippen LogP contribution in [0.25, 0.3) is 27.6 Å². The topological polar surface area (TPSA) is 152 Å². The lowest BCUT2D eigenvalue weighted by molar-refractivity contribution is -0.155. The fraction of sp³-hybridized carbons (Fsp3) is 0.488. The second kappa shape index (κ2) is 15.8. The summed E-state index contributed by atoms with van der Waals surface area (Å²) in [5, 5.41) is 12.8. The van der Waals surface area contributed by atoms with Crippen LogP contribution in [0.5, 0.6) is 5.75 Å². The van der Waals surface area contributed by atoms with Crippen molar-refractivity contribution in [3.63, 3.8) is 0 Å². The van der Waals surface area contributed by atoms with E-state index >= 15 is 0 Å². The number of nitrogens with one attached hydrogen (secondary N) is 2. The number of aliphatic imine (C=N–C) groups is 1. The summed E-state index contributed by atoms with van der Waals surface area (Å²) < 4.78 is 43.2. The molecule has 6 rings (SSSR count). The smallest absolute Gasteiger partial charge is 0.324 e. The number of rotatable bonds is 9. The van der Waals surface area contributed by atoms with Gasteiger partial charge in [0.2, 0.25) is 10.0 Å². The molecule has 0 unspecified atom stereocenters. The fourth-order valence-electron chi connectivity index (χ4n) is 7.63. The van der Waals surface area contributed by atoms with Crippen molar-refractivity contribution in [3.8, 4) is 16.9 Å². The molecular formula is C41H53N5O7S. The number of allylic oxidation sites excluding steroid dienone is 2. The first-order valence-electron chi connectivity index (χ1n) is 18.8. The van der Waals surface area contributed by atoms with Crippen LogP contribution in [-0.4, -0.2) is 84.9 Å². The van der Waals surface area contributed by atoms with Gasteiger partial charge in [0.15, 0.2) is 0 Å². The fourth-order valence-corrected chi connectivity index (χ4v) is 9.16. The van der Waals surface area contributed by atoms with E-state index in [0.717, 1.165) is 39.0 Å². The van der Waals surface area contributed by atoms with Crippen LogP contribution >= 0.6 is 0 Å². The maximum atomic E-state index is 14.1. The first kappa shape index (κ1) is 39.4. The van der Waals surface area contributed by atoms with Crippen molar-refractivity contribution in [1.82, 2.24) is 19.7 Å². The van der Waals surface area contributed by atoms with E-state index in [0.29, 0.717) is 56.3 Å². The summed E-state index contributed by atoms with van der Waals surface area (Å²) in [4.78, 5) is 32.5. The SMILES string of the molecule is C=C/C(=C(\N=CC)[C@H](C)OC)c1c2c3cc(ccc3n1CC)-c1cc(O)cc(c1)C[C@H](NS(=O)(=O)C1CC1)C(=O)N1CCC[C@H](N1)C(=O)OCC(C)(C)C2. The van der Waals surface area contributed by atoms with Crippen LogP contribution in [0.1, 0.15) is 77.1 Å². The number of nitrogens with zero attached hydrogens (tertiary/aromatic N) is 3. The summed E-state index contributed by atoms with van der Waals surface area (Å²) in [5.74, 6) is -0.982. The Labute approximate surface area is 318 Å². The van der Waals surface area contributed by atoms with Crippen molar-refractivity contribution < 1.29 is 32.6 Å². The molecule has 2 fully saturated rings. The monoisotopic (exact) mass is 759 g/mol. The van der Waals surface area contributed by atoms with Gasteiger partial charge >= 0.3 is 5.97 Å². The molecule has 3 atom stereocenters. The number of hydrogen-bond donors (Lipinski definition) is 3. The number of phenolic OH excluding ortho intramolecular Hbond substituents is 1. The Bertz CT molecular complexity index is 2110. The van der Waals surface area contributed by atoms with Gasteiger partial charge in [0.05, 0.1) is 29.4 Å². The second-order valence-corrected chi connectivity index (χ2v) is 17.3. The maximum absolute atomic E-state index is 14.1. The Morgan fingerprint density at radius 2 is 1.94 bits per heavy atom. The van der Waals surface area contributed by atoms with Crippen LogP contribution in [0.4, 0.5) is 0 Å². The Hall–Kier alpha value is -4.30. The summed E-state index contributed by atoms with van der Waals surface area (Å²) in [6.45, 7) is 15.3. The Balaban J connectivity index is 1.57.